The van der Waals surface area contributed by atoms with Crippen molar-refractivity contribution in [3.05, 3.63) is 0 Å². The molecule has 1 atom stereocenters. The van der Waals surface area contributed by atoms with E-state index < -0.39 is 0 Å². The minimum atomic E-state index is 0.741. The first-order chi connectivity index (χ1) is 8.85. The van der Waals surface area contributed by atoms with Gasteiger partial charge in [-0.25, -0.2) is 0 Å². The van der Waals surface area contributed by atoms with E-state index in [1.807, 2.05) is 0 Å². The smallest absolute Gasteiger partial charge is 0.118 e. The highest BCUT2D eigenvalue weighted by atomic mass is 14.5. The Morgan fingerprint density at radius 3 is 1.76 bits per heavy atom. The lowest BCUT2D eigenvalue weighted by Gasteiger charge is -2.14. The summed E-state index contributed by atoms with van der Waals surface area (Å²) in [5, 5.41) is 0. The van der Waals surface area contributed by atoms with Crippen molar-refractivity contribution in [1.29, 1.82) is 0 Å². The lowest BCUT2D eigenvalue weighted by Crippen LogP contribution is -2.14. The van der Waals surface area contributed by atoms with Gasteiger partial charge in [0, 0.05) is 0 Å². The molecule has 0 aromatic carbocycles. The normalized spacial score (nSPS) is 13.6. The van der Waals surface area contributed by atoms with E-state index in [-0.39, 0.29) is 0 Å². The van der Waals surface area contributed by atoms with Crippen LogP contribution in [0.3, 0.4) is 0 Å². The van der Waals surface area contributed by atoms with Crippen LogP contribution in [-0.4, -0.2) is 6.54 Å². The monoisotopic (exact) mass is 242 g/mol. The van der Waals surface area contributed by atoms with Crippen LogP contribution in [0.2, 0.25) is 1.41 Å². The van der Waals surface area contributed by atoms with Crippen LogP contribution < -0.4 is 5.73 Å². The molecule has 0 spiro atoms. The van der Waals surface area contributed by atoms with E-state index in [1.165, 1.54) is 77.0 Å². The zero-order chi connectivity index (χ0) is 13.5. The van der Waals surface area contributed by atoms with Crippen LogP contribution in [0, 0.1) is 5.92 Å². The fourth-order valence-electron chi connectivity index (χ4n) is 2.42. The standard InChI is InChI=1S/C16H35N/c1-3-5-7-9-10-12-14-16(15-17)13-11-8-6-4-2/h16H,3-15,17H2,1-2H3/i/hD. The maximum atomic E-state index is 7.17. The zero-order valence-corrected chi connectivity index (χ0v) is 12.3. The molecule has 17 heavy (non-hydrogen) atoms. The summed E-state index contributed by atoms with van der Waals surface area (Å²) in [6.45, 7) is 5.42. The van der Waals surface area contributed by atoms with Crippen LogP contribution in [-0.2, 0) is 0 Å². The predicted molar refractivity (Wildman–Crippen MR) is 79.3 cm³/mol. The van der Waals surface area contributed by atoms with Crippen molar-refractivity contribution < 1.29 is 1.41 Å². The number of rotatable bonds is 14. The van der Waals surface area contributed by atoms with E-state index in [1.54, 1.807) is 0 Å². The molecule has 0 amide bonds. The molecule has 1 nitrogen and oxygen atoms in total. The highest BCUT2D eigenvalue weighted by molar-refractivity contribution is 4.61. The van der Waals surface area contributed by atoms with Crippen molar-refractivity contribution in [3.63, 3.8) is 0 Å². The molecule has 0 rings (SSSR count). The maximum absolute atomic E-state index is 7.17. The minimum Gasteiger partial charge on any atom is -0.330 e. The van der Waals surface area contributed by atoms with E-state index in [2.05, 4.69) is 19.6 Å². The van der Waals surface area contributed by atoms with E-state index >= 15 is 0 Å². The van der Waals surface area contributed by atoms with Crippen LogP contribution in [0.4, 0.5) is 0 Å². The predicted octanol–water partition coefficient (Wildman–Crippen LogP) is 5.28. The van der Waals surface area contributed by atoms with Crippen molar-refractivity contribution in [1.82, 2.24) is 0 Å². The molecule has 1 heteroatoms. The first-order valence-electron chi connectivity index (χ1n) is 8.49. The average Bonchev–Trinajstić information content (AvgIpc) is 2.38. The first-order valence-corrected chi connectivity index (χ1v) is 7.99. The van der Waals surface area contributed by atoms with Gasteiger partial charge >= 0.3 is 0 Å². The lowest BCUT2D eigenvalue weighted by atomic mass is 9.94. The second-order valence-corrected chi connectivity index (χ2v) is 5.48. The molecule has 0 radical (unpaired) electrons. The van der Waals surface area contributed by atoms with Crippen LogP contribution >= 0.6 is 0 Å². The summed E-state index contributed by atoms with van der Waals surface area (Å²) in [6, 6.07) is 0. The molecule has 0 aliphatic carbocycles. The van der Waals surface area contributed by atoms with Gasteiger partial charge in [0.2, 0.25) is 0 Å². The summed E-state index contributed by atoms with van der Waals surface area (Å²) in [5.41, 5.74) is 2.62. The Bertz CT molecular complexity index is 150. The quantitative estimate of drug-likeness (QED) is 0.412. The second-order valence-electron chi connectivity index (χ2n) is 5.48. The Morgan fingerprint density at radius 1 is 0.765 bits per heavy atom. The molecule has 0 aliphatic rings. The van der Waals surface area contributed by atoms with Gasteiger partial charge in [-0.1, -0.05) is 78.1 Å². The molecule has 2 N–H and O–H groups in total. The summed E-state index contributed by atoms with van der Waals surface area (Å²) in [4.78, 5) is 0. The molecule has 0 saturated heterocycles. The molecule has 0 saturated carbocycles. The summed E-state index contributed by atoms with van der Waals surface area (Å²) in [7, 11) is 0. The van der Waals surface area contributed by atoms with E-state index in [0.717, 1.165) is 12.5 Å². The topological polar surface area (TPSA) is 26.0 Å². The van der Waals surface area contributed by atoms with Crippen molar-refractivity contribution in [3.8, 4) is 0 Å². The van der Waals surface area contributed by atoms with E-state index in [9.17, 15) is 0 Å². The van der Waals surface area contributed by atoms with Crippen molar-refractivity contribution in [2.75, 3.05) is 6.54 Å². The highest BCUT2D eigenvalue weighted by Crippen LogP contribution is 2.17. The minimum absolute atomic E-state index is 0.741. The molecule has 0 heterocycles. The number of hydrogen-bond acceptors (Lipinski definition) is 1. The van der Waals surface area contributed by atoms with Gasteiger partial charge in [0.1, 0.15) is 1.41 Å². The number of hydrogen-bond donors (Lipinski definition) is 1. The summed E-state index contributed by atoms with van der Waals surface area (Å²) in [5.74, 6) is 0.741. The van der Waals surface area contributed by atoms with Gasteiger partial charge in [0.15, 0.2) is 0 Å². The van der Waals surface area contributed by atoms with Gasteiger partial charge in [-0.05, 0) is 25.3 Å². The van der Waals surface area contributed by atoms with Gasteiger partial charge in [-0.15, -0.1) is 0 Å². The van der Waals surface area contributed by atoms with Crippen LogP contribution in [0.1, 0.15) is 90.9 Å². The molecule has 104 valence electrons. The van der Waals surface area contributed by atoms with Crippen molar-refractivity contribution in [2.24, 2.45) is 11.6 Å². The Morgan fingerprint density at radius 2 is 1.24 bits per heavy atom. The zero-order valence-electron chi connectivity index (χ0n) is 13.3. The molecule has 0 fully saturated rings. The van der Waals surface area contributed by atoms with E-state index in [4.69, 9.17) is 1.41 Å². The molecular weight excluding hydrogens is 206 g/mol. The molecule has 0 aromatic rings. The van der Waals surface area contributed by atoms with Gasteiger partial charge in [-0.2, -0.15) is 0 Å². The Balaban J connectivity index is 3.44. The third-order valence-electron chi connectivity index (χ3n) is 3.72. The molecule has 0 aliphatic heterocycles. The third kappa shape index (κ3) is 12.2. The highest BCUT2D eigenvalue weighted by Gasteiger charge is 2.05. The largest absolute Gasteiger partial charge is 0.330 e. The molecule has 1 unspecified atom stereocenters. The summed E-state index contributed by atoms with van der Waals surface area (Å²) < 4.78 is 7.17. The summed E-state index contributed by atoms with van der Waals surface area (Å²) >= 11 is 0. The first kappa shape index (κ1) is 15.0. The fourth-order valence-corrected chi connectivity index (χ4v) is 2.42. The Hall–Kier alpha value is -0.0400. The van der Waals surface area contributed by atoms with Crippen LogP contribution in [0.25, 0.3) is 0 Å². The molecule has 0 bridgehead atoms. The fraction of sp³-hybridized carbons (Fsp3) is 1.00. The Kier molecular flexibility index (Phi) is 12.4. The third-order valence-corrected chi connectivity index (χ3v) is 3.72. The van der Waals surface area contributed by atoms with E-state index in [0.29, 0.717) is 0 Å². The van der Waals surface area contributed by atoms with Gasteiger partial charge < -0.3 is 5.73 Å². The van der Waals surface area contributed by atoms with Crippen molar-refractivity contribution in [2.45, 2.75) is 90.9 Å². The van der Waals surface area contributed by atoms with Crippen molar-refractivity contribution >= 4 is 0 Å². The molecular formula is C16H35N. The molecule has 0 aromatic heterocycles. The van der Waals surface area contributed by atoms with Crippen LogP contribution in [0.15, 0.2) is 0 Å². The van der Waals surface area contributed by atoms with Gasteiger partial charge in [-0.3, -0.25) is 0 Å². The van der Waals surface area contributed by atoms with Crippen LogP contribution in [0.5, 0.6) is 0 Å². The summed E-state index contributed by atoms with van der Waals surface area (Å²) in [6.07, 6.45) is 16.4. The second kappa shape index (κ2) is 14.0. The van der Waals surface area contributed by atoms with Gasteiger partial charge in [0.05, 0.1) is 0 Å². The average molecular weight is 242 g/mol. The maximum Gasteiger partial charge on any atom is 0.118 e. The lowest BCUT2D eigenvalue weighted by molar-refractivity contribution is 0.412. The number of unbranched alkanes of at least 4 members (excludes halogenated alkanes) is 8. The Labute approximate surface area is 111 Å². The number of nitrogens with two attached hydrogens (primary N) is 1. The van der Waals surface area contributed by atoms with Gasteiger partial charge in [0.25, 0.3) is 0 Å². The SMILES string of the molecule is [2H]NCC(CCCCCC)CCCCCCCC.